The number of hydrogen-bond acceptors (Lipinski definition) is 4. The molecule has 0 radical (unpaired) electrons. The van der Waals surface area contributed by atoms with Crippen LogP contribution in [0.1, 0.15) is 47.6 Å². The summed E-state index contributed by atoms with van der Waals surface area (Å²) in [5.41, 5.74) is 5.06. The third kappa shape index (κ3) is 8.60. The van der Waals surface area contributed by atoms with Crippen molar-refractivity contribution in [3.8, 4) is 0 Å². The fraction of sp³-hybridized carbons (Fsp3) is 0.297. The summed E-state index contributed by atoms with van der Waals surface area (Å²) < 4.78 is 29.5. The van der Waals surface area contributed by atoms with Gasteiger partial charge < -0.3 is 10.2 Å². The van der Waals surface area contributed by atoms with Crippen molar-refractivity contribution in [1.29, 1.82) is 0 Å². The number of amides is 2. The lowest BCUT2D eigenvalue weighted by molar-refractivity contribution is -0.140. The van der Waals surface area contributed by atoms with E-state index in [9.17, 15) is 18.0 Å². The molecule has 0 unspecified atom stereocenters. The Kier molecular flexibility index (Phi) is 11.5. The number of anilines is 1. The van der Waals surface area contributed by atoms with Gasteiger partial charge in [-0.3, -0.25) is 13.9 Å². The van der Waals surface area contributed by atoms with Crippen LogP contribution in [0.5, 0.6) is 0 Å². The van der Waals surface area contributed by atoms with Gasteiger partial charge >= 0.3 is 0 Å². The van der Waals surface area contributed by atoms with Crippen LogP contribution in [0.4, 0.5) is 5.69 Å². The molecule has 0 spiro atoms. The molecule has 236 valence electrons. The maximum atomic E-state index is 14.6. The van der Waals surface area contributed by atoms with Gasteiger partial charge in [0.1, 0.15) is 12.6 Å². The van der Waals surface area contributed by atoms with E-state index in [2.05, 4.69) is 12.2 Å². The fourth-order valence-electron chi connectivity index (χ4n) is 5.16. The highest BCUT2D eigenvalue weighted by molar-refractivity contribution is 7.92. The van der Waals surface area contributed by atoms with E-state index in [1.807, 2.05) is 81.4 Å². The van der Waals surface area contributed by atoms with E-state index < -0.39 is 28.5 Å². The molecule has 0 saturated carbocycles. The summed E-state index contributed by atoms with van der Waals surface area (Å²) in [6.45, 7) is 8.05. The highest BCUT2D eigenvalue weighted by atomic mass is 32.2. The Hall–Kier alpha value is -4.43. The number of nitrogens with zero attached hydrogens (tertiary/aromatic N) is 2. The van der Waals surface area contributed by atoms with Crippen LogP contribution in [0.3, 0.4) is 0 Å². The largest absolute Gasteiger partial charge is 0.354 e. The van der Waals surface area contributed by atoms with Gasteiger partial charge in [-0.1, -0.05) is 92.2 Å². The zero-order chi connectivity index (χ0) is 32.4. The first kappa shape index (κ1) is 33.5. The number of nitrogens with one attached hydrogen (secondary N) is 1. The lowest BCUT2D eigenvalue weighted by atomic mass is 10.0. The van der Waals surface area contributed by atoms with E-state index in [0.29, 0.717) is 12.2 Å². The smallest absolute Gasteiger partial charge is 0.264 e. The lowest BCUT2D eigenvalue weighted by Gasteiger charge is -2.34. The molecule has 1 N–H and O–H groups in total. The van der Waals surface area contributed by atoms with Gasteiger partial charge in [-0.05, 0) is 79.3 Å². The predicted molar refractivity (Wildman–Crippen MR) is 180 cm³/mol. The van der Waals surface area contributed by atoms with Gasteiger partial charge in [0.25, 0.3) is 10.0 Å². The van der Waals surface area contributed by atoms with Crippen molar-refractivity contribution >= 4 is 27.5 Å². The molecule has 7 nitrogen and oxygen atoms in total. The molecule has 0 fully saturated rings. The maximum absolute atomic E-state index is 14.6. The number of sulfonamides is 1. The van der Waals surface area contributed by atoms with Crippen LogP contribution in [0, 0.1) is 20.8 Å². The summed E-state index contributed by atoms with van der Waals surface area (Å²) in [4.78, 5) is 30.1. The Balaban J connectivity index is 1.81. The van der Waals surface area contributed by atoms with Crippen LogP contribution in [0.25, 0.3) is 0 Å². The molecule has 0 aliphatic heterocycles. The van der Waals surface area contributed by atoms with Crippen LogP contribution in [0.2, 0.25) is 0 Å². The molecule has 0 heterocycles. The first-order valence-electron chi connectivity index (χ1n) is 15.4. The zero-order valence-electron chi connectivity index (χ0n) is 26.6. The molecule has 4 rings (SSSR count). The van der Waals surface area contributed by atoms with Crippen molar-refractivity contribution in [3.63, 3.8) is 0 Å². The summed E-state index contributed by atoms with van der Waals surface area (Å²) in [5.74, 6) is -0.736. The van der Waals surface area contributed by atoms with E-state index in [1.165, 1.54) is 12.1 Å². The summed E-state index contributed by atoms with van der Waals surface area (Å²) in [6, 6.07) is 29.9. The Morgan fingerprint density at radius 1 is 0.778 bits per heavy atom. The third-order valence-corrected chi connectivity index (χ3v) is 9.88. The fourth-order valence-corrected chi connectivity index (χ4v) is 6.59. The van der Waals surface area contributed by atoms with E-state index in [4.69, 9.17) is 0 Å². The molecule has 8 heteroatoms. The quantitative estimate of drug-likeness (QED) is 0.165. The number of carbonyl (C=O) groups is 2. The Morgan fingerprint density at radius 2 is 1.42 bits per heavy atom. The van der Waals surface area contributed by atoms with E-state index in [-0.39, 0.29) is 23.8 Å². The topological polar surface area (TPSA) is 86.8 Å². The summed E-state index contributed by atoms with van der Waals surface area (Å²) in [6.07, 6.45) is 2.01. The highest BCUT2D eigenvalue weighted by Crippen LogP contribution is 2.27. The predicted octanol–water partition coefficient (Wildman–Crippen LogP) is 6.36. The molecule has 0 aliphatic carbocycles. The van der Waals surface area contributed by atoms with Gasteiger partial charge in [0.15, 0.2) is 0 Å². The highest BCUT2D eigenvalue weighted by Gasteiger charge is 2.34. The first-order valence-corrected chi connectivity index (χ1v) is 16.9. The van der Waals surface area contributed by atoms with E-state index in [0.717, 1.165) is 45.0 Å². The Morgan fingerprint density at radius 3 is 2.07 bits per heavy atom. The molecule has 0 aliphatic rings. The average molecular weight is 626 g/mol. The third-order valence-electron chi connectivity index (χ3n) is 8.09. The van der Waals surface area contributed by atoms with Gasteiger partial charge in [0.2, 0.25) is 11.8 Å². The monoisotopic (exact) mass is 625 g/mol. The standard InChI is InChI=1S/C37H43N3O4S/c1-5-6-23-38-37(42)35(25-31-16-9-7-10-17-31)39(26-32-18-14-13-15-29(32)3)36(41)27-40(33-22-21-28(2)30(4)24-33)45(43,44)34-19-11-8-12-20-34/h7-22,24,35H,5-6,23,25-27H2,1-4H3,(H,38,42)/t35-/m1/s1. The normalized spacial score (nSPS) is 11.9. The number of carbonyl (C=O) groups excluding carboxylic acids is 2. The molecule has 45 heavy (non-hydrogen) atoms. The minimum Gasteiger partial charge on any atom is -0.354 e. The van der Waals surface area contributed by atoms with E-state index >= 15 is 0 Å². The van der Waals surface area contributed by atoms with Gasteiger partial charge in [-0.15, -0.1) is 0 Å². The van der Waals surface area contributed by atoms with Crippen LogP contribution in [0.15, 0.2) is 108 Å². The van der Waals surface area contributed by atoms with Crippen molar-refractivity contribution in [2.75, 3.05) is 17.4 Å². The minimum absolute atomic E-state index is 0.0830. The summed E-state index contributed by atoms with van der Waals surface area (Å²) >= 11 is 0. The molecule has 2 amide bonds. The van der Waals surface area contributed by atoms with Crippen molar-refractivity contribution in [1.82, 2.24) is 10.2 Å². The molecule has 0 aromatic heterocycles. The zero-order valence-corrected chi connectivity index (χ0v) is 27.4. The number of benzene rings is 4. The minimum atomic E-state index is -4.13. The summed E-state index contributed by atoms with van der Waals surface area (Å²) in [5, 5.41) is 3.03. The average Bonchev–Trinajstić information content (AvgIpc) is 3.04. The number of hydrogen-bond donors (Lipinski definition) is 1. The molecule has 4 aromatic carbocycles. The molecule has 0 bridgehead atoms. The molecular weight excluding hydrogens is 582 g/mol. The van der Waals surface area contributed by atoms with Gasteiger partial charge in [-0.25, -0.2) is 8.42 Å². The number of aryl methyl sites for hydroxylation is 3. The first-order chi connectivity index (χ1) is 21.6. The van der Waals surface area contributed by atoms with Crippen molar-refractivity contribution in [2.24, 2.45) is 0 Å². The molecule has 4 aromatic rings. The van der Waals surface area contributed by atoms with Crippen molar-refractivity contribution in [3.05, 3.63) is 131 Å². The Bertz CT molecular complexity index is 1690. The number of unbranched alkanes of at least 4 members (excludes halogenated alkanes) is 1. The van der Waals surface area contributed by atoms with Gasteiger partial charge in [-0.2, -0.15) is 0 Å². The van der Waals surface area contributed by atoms with Crippen LogP contribution in [-0.2, 0) is 32.6 Å². The van der Waals surface area contributed by atoms with Crippen molar-refractivity contribution < 1.29 is 18.0 Å². The molecular formula is C37H43N3O4S. The van der Waals surface area contributed by atoms with Crippen LogP contribution in [-0.4, -0.2) is 44.3 Å². The summed E-state index contributed by atoms with van der Waals surface area (Å²) in [7, 11) is -4.13. The van der Waals surface area contributed by atoms with Crippen molar-refractivity contribution in [2.45, 2.75) is 64.4 Å². The second-order valence-electron chi connectivity index (χ2n) is 11.4. The SMILES string of the molecule is CCCCNC(=O)[C@@H](Cc1ccccc1)N(Cc1ccccc1C)C(=O)CN(c1ccc(C)c(C)c1)S(=O)(=O)c1ccccc1. The van der Waals surface area contributed by atoms with E-state index in [1.54, 1.807) is 35.2 Å². The molecule has 0 saturated heterocycles. The van der Waals surface area contributed by atoms with Crippen LogP contribution < -0.4 is 9.62 Å². The molecule has 1 atom stereocenters. The van der Waals surface area contributed by atoms with Gasteiger partial charge in [0, 0.05) is 19.5 Å². The maximum Gasteiger partial charge on any atom is 0.264 e. The Labute approximate surface area is 268 Å². The van der Waals surface area contributed by atoms with Gasteiger partial charge in [0.05, 0.1) is 10.6 Å². The van der Waals surface area contributed by atoms with Crippen LogP contribution >= 0.6 is 0 Å². The second-order valence-corrected chi connectivity index (χ2v) is 13.3. The number of rotatable bonds is 14. The second kappa shape index (κ2) is 15.5. The lowest BCUT2D eigenvalue weighted by Crippen LogP contribution is -2.53.